The predicted molar refractivity (Wildman–Crippen MR) is 59.0 cm³/mol. The highest BCUT2D eigenvalue weighted by molar-refractivity contribution is 5.74. The first kappa shape index (κ1) is 14.9. The van der Waals surface area contributed by atoms with E-state index in [9.17, 15) is 9.59 Å². The number of nitrogens with two attached hydrogens (primary N) is 1. The lowest BCUT2D eigenvalue weighted by molar-refractivity contribution is -0.156. The van der Waals surface area contributed by atoms with Crippen molar-refractivity contribution in [1.29, 1.82) is 0 Å². The minimum Gasteiger partial charge on any atom is -0.480 e. The second kappa shape index (κ2) is 6.44. The van der Waals surface area contributed by atoms with Crippen LogP contribution in [0.4, 0.5) is 0 Å². The van der Waals surface area contributed by atoms with Gasteiger partial charge in [-0.05, 0) is 20.8 Å². The molecule has 0 aromatic rings. The monoisotopic (exact) mass is 232 g/mol. The van der Waals surface area contributed by atoms with E-state index < -0.39 is 17.5 Å². The number of carboxylic acid groups (broad SMARTS) is 1. The normalized spacial score (nSPS) is 11.6. The van der Waals surface area contributed by atoms with Gasteiger partial charge in [0, 0.05) is 13.1 Å². The summed E-state index contributed by atoms with van der Waals surface area (Å²) < 4.78 is 5.08. The minimum atomic E-state index is -0.989. The number of carboxylic acids is 1. The van der Waals surface area contributed by atoms with Gasteiger partial charge in [0.2, 0.25) is 0 Å². The highest BCUT2D eigenvalue weighted by Crippen LogP contribution is 2.07. The van der Waals surface area contributed by atoms with Gasteiger partial charge in [-0.25, -0.2) is 0 Å². The number of nitrogens with zero attached hydrogens (tertiary/aromatic N) is 1. The van der Waals surface area contributed by atoms with Crippen LogP contribution in [0, 0.1) is 0 Å². The van der Waals surface area contributed by atoms with E-state index in [0.29, 0.717) is 13.1 Å². The maximum atomic E-state index is 11.4. The average molecular weight is 232 g/mol. The zero-order chi connectivity index (χ0) is 12.8. The lowest BCUT2D eigenvalue weighted by Gasteiger charge is -2.23. The van der Waals surface area contributed by atoms with Crippen LogP contribution in [0.25, 0.3) is 0 Å². The van der Waals surface area contributed by atoms with Gasteiger partial charge in [0.15, 0.2) is 0 Å². The lowest BCUT2D eigenvalue weighted by Crippen LogP contribution is -2.40. The van der Waals surface area contributed by atoms with E-state index in [1.54, 1.807) is 20.8 Å². The van der Waals surface area contributed by atoms with Crippen LogP contribution >= 0.6 is 0 Å². The summed E-state index contributed by atoms with van der Waals surface area (Å²) in [7, 11) is 0. The molecule has 16 heavy (non-hydrogen) atoms. The van der Waals surface area contributed by atoms with Crippen LogP contribution in [0.3, 0.4) is 0 Å². The lowest BCUT2D eigenvalue weighted by atomic mass is 10.2. The number of carbonyl (C=O) groups is 2. The predicted octanol–water partition coefficient (Wildman–Crippen LogP) is -0.327. The average Bonchev–Trinajstić information content (AvgIpc) is 1.98. The van der Waals surface area contributed by atoms with Gasteiger partial charge in [0.25, 0.3) is 0 Å². The summed E-state index contributed by atoms with van der Waals surface area (Å²) in [6, 6.07) is 0. The number of hydrogen-bond donors (Lipinski definition) is 2. The Labute approximate surface area is 95.4 Å². The van der Waals surface area contributed by atoms with Gasteiger partial charge < -0.3 is 15.6 Å². The van der Waals surface area contributed by atoms with Crippen LogP contribution < -0.4 is 5.73 Å². The summed E-state index contributed by atoms with van der Waals surface area (Å²) in [6.45, 7) is 5.67. The molecule has 0 heterocycles. The Morgan fingerprint density at radius 3 is 2.25 bits per heavy atom. The molecule has 0 saturated carbocycles. The van der Waals surface area contributed by atoms with Crippen LogP contribution in [-0.4, -0.2) is 53.7 Å². The molecule has 0 saturated heterocycles. The molecule has 0 fully saturated rings. The fourth-order valence-corrected chi connectivity index (χ4v) is 1.14. The minimum absolute atomic E-state index is 0.0548. The van der Waals surface area contributed by atoms with Gasteiger partial charge in [-0.2, -0.15) is 0 Å². The number of hydrogen-bond acceptors (Lipinski definition) is 5. The Morgan fingerprint density at radius 1 is 1.31 bits per heavy atom. The fraction of sp³-hybridized carbons (Fsp3) is 0.800. The van der Waals surface area contributed by atoms with Crippen molar-refractivity contribution in [2.24, 2.45) is 5.73 Å². The highest BCUT2D eigenvalue weighted by atomic mass is 16.6. The van der Waals surface area contributed by atoms with E-state index in [1.165, 1.54) is 4.90 Å². The van der Waals surface area contributed by atoms with Gasteiger partial charge in [0.1, 0.15) is 5.60 Å². The van der Waals surface area contributed by atoms with Crippen molar-refractivity contribution in [3.63, 3.8) is 0 Å². The molecule has 0 radical (unpaired) electrons. The molecule has 0 rings (SSSR count). The molecule has 0 amide bonds. The van der Waals surface area contributed by atoms with E-state index >= 15 is 0 Å². The maximum Gasteiger partial charge on any atom is 0.320 e. The highest BCUT2D eigenvalue weighted by Gasteiger charge is 2.19. The largest absolute Gasteiger partial charge is 0.480 e. The number of esters is 1. The summed E-state index contributed by atoms with van der Waals surface area (Å²) in [5, 5.41) is 8.62. The zero-order valence-electron chi connectivity index (χ0n) is 10.0. The van der Waals surface area contributed by atoms with Gasteiger partial charge in [-0.3, -0.25) is 14.5 Å². The summed E-state index contributed by atoms with van der Waals surface area (Å²) in [5.41, 5.74) is 4.76. The molecule has 0 aliphatic carbocycles. The van der Waals surface area contributed by atoms with E-state index in [2.05, 4.69) is 0 Å². The molecular formula is C10H20N2O4. The molecule has 0 aliphatic heterocycles. The molecule has 0 unspecified atom stereocenters. The van der Waals surface area contributed by atoms with Crippen LogP contribution in [-0.2, 0) is 14.3 Å². The van der Waals surface area contributed by atoms with E-state index in [0.717, 1.165) is 0 Å². The number of aliphatic carboxylic acids is 1. The van der Waals surface area contributed by atoms with Crippen molar-refractivity contribution in [2.75, 3.05) is 26.2 Å². The first-order valence-corrected chi connectivity index (χ1v) is 5.10. The molecule has 3 N–H and O–H groups in total. The molecule has 6 heteroatoms. The SMILES string of the molecule is CC(C)(C)OC(=O)CN(CCN)CC(=O)O. The molecule has 0 atom stereocenters. The molecule has 94 valence electrons. The Morgan fingerprint density at radius 2 is 1.88 bits per heavy atom. The quantitative estimate of drug-likeness (QED) is 0.609. The summed E-state index contributed by atoms with van der Waals surface area (Å²) in [6.07, 6.45) is 0. The second-order valence-electron chi connectivity index (χ2n) is 4.48. The van der Waals surface area contributed by atoms with Gasteiger partial charge >= 0.3 is 11.9 Å². The molecule has 0 aromatic carbocycles. The van der Waals surface area contributed by atoms with Crippen molar-refractivity contribution in [1.82, 2.24) is 4.90 Å². The summed E-state index contributed by atoms with van der Waals surface area (Å²) >= 11 is 0. The van der Waals surface area contributed by atoms with Crippen molar-refractivity contribution in [3.8, 4) is 0 Å². The molecule has 0 aromatic heterocycles. The molecule has 0 aliphatic rings. The Hall–Kier alpha value is -1.14. The first-order chi connectivity index (χ1) is 7.24. The van der Waals surface area contributed by atoms with Crippen molar-refractivity contribution >= 4 is 11.9 Å². The number of ether oxygens (including phenoxy) is 1. The van der Waals surface area contributed by atoms with Gasteiger partial charge in [0.05, 0.1) is 13.1 Å². The number of rotatable bonds is 6. The van der Waals surface area contributed by atoms with Gasteiger partial charge in [-0.1, -0.05) is 0 Å². The van der Waals surface area contributed by atoms with Crippen molar-refractivity contribution in [3.05, 3.63) is 0 Å². The van der Waals surface area contributed by atoms with Crippen LogP contribution in [0.5, 0.6) is 0 Å². The van der Waals surface area contributed by atoms with E-state index in [4.69, 9.17) is 15.6 Å². The van der Waals surface area contributed by atoms with Crippen molar-refractivity contribution in [2.45, 2.75) is 26.4 Å². The molecule has 6 nitrogen and oxygen atoms in total. The topological polar surface area (TPSA) is 92.9 Å². The number of carbonyl (C=O) groups excluding carboxylic acids is 1. The van der Waals surface area contributed by atoms with Gasteiger partial charge in [-0.15, -0.1) is 0 Å². The molecular weight excluding hydrogens is 212 g/mol. The maximum absolute atomic E-state index is 11.4. The molecule has 0 spiro atoms. The fourth-order valence-electron chi connectivity index (χ4n) is 1.14. The summed E-state index contributed by atoms with van der Waals surface area (Å²) in [5.74, 6) is -1.43. The molecule has 0 bridgehead atoms. The Bertz CT molecular complexity index is 248. The van der Waals surface area contributed by atoms with E-state index in [-0.39, 0.29) is 13.1 Å². The zero-order valence-corrected chi connectivity index (χ0v) is 10.0. The standard InChI is InChI=1S/C10H20N2O4/c1-10(2,3)16-9(15)7-12(5-4-11)6-8(13)14/h4-7,11H2,1-3H3,(H,13,14). The van der Waals surface area contributed by atoms with E-state index in [1.807, 2.05) is 0 Å². The Kier molecular flexibility index (Phi) is 5.98. The third kappa shape index (κ3) is 8.19. The van der Waals surface area contributed by atoms with Crippen LogP contribution in [0.2, 0.25) is 0 Å². The van der Waals surface area contributed by atoms with Crippen LogP contribution in [0.15, 0.2) is 0 Å². The summed E-state index contributed by atoms with van der Waals surface area (Å²) in [4.78, 5) is 23.4. The first-order valence-electron chi connectivity index (χ1n) is 5.10. The third-order valence-corrected chi connectivity index (χ3v) is 1.58. The smallest absolute Gasteiger partial charge is 0.320 e. The van der Waals surface area contributed by atoms with Crippen LogP contribution in [0.1, 0.15) is 20.8 Å². The second-order valence-corrected chi connectivity index (χ2v) is 4.48. The van der Waals surface area contributed by atoms with Crippen molar-refractivity contribution < 1.29 is 19.4 Å². The Balaban J connectivity index is 4.17. The third-order valence-electron chi connectivity index (χ3n) is 1.58.